The lowest BCUT2D eigenvalue weighted by Gasteiger charge is -2.50. The van der Waals surface area contributed by atoms with E-state index in [0.29, 0.717) is 78.4 Å². The van der Waals surface area contributed by atoms with Crippen LogP contribution in [0.4, 0.5) is 0 Å². The maximum Gasteiger partial charge on any atom is 0.118 e. The average molecular weight is 935 g/mol. The van der Waals surface area contributed by atoms with Crippen LogP contribution in [0.3, 0.4) is 0 Å². The molecule has 0 unspecified atom stereocenters. The fraction of sp³-hybridized carbons (Fsp3) is 0.400. The standard InChI is InChI=1S/C60H70O9/c1-4-22-51-53(35-21-34-50(63-40-47-28-15-8-16-29-47)56(67-51)43-61-38-45-24-11-6-12-25-45)66-55-37-58(65-42-49-32-19-10-20-33-49)60(3)59(68-52(55)23-5-2)36-54(64-41-48-30-17-9-18-31-48)57(69-60)44-62-39-46-26-13-7-14-27-46/h4-21,24-33,35,50-59H,1-2,22-23,34,36-44H2,3H3/b35-21-/t50-,51-,52+,53+,54+,55-,56+,57-,58-,59-,60+/m1/s1. The number of hydrogen-bond acceptors (Lipinski definition) is 9. The summed E-state index contributed by atoms with van der Waals surface area (Å²) in [5.74, 6) is 0. The summed E-state index contributed by atoms with van der Waals surface area (Å²) < 4.78 is 62.4. The molecular weight excluding hydrogens is 865 g/mol. The van der Waals surface area contributed by atoms with Crippen molar-refractivity contribution >= 4 is 0 Å². The molecule has 3 aliphatic rings. The molecule has 9 heteroatoms. The van der Waals surface area contributed by atoms with E-state index in [1.165, 1.54) is 0 Å². The Labute approximate surface area is 410 Å². The second-order valence-electron chi connectivity index (χ2n) is 18.5. The molecule has 0 aliphatic carbocycles. The number of ether oxygens (including phenoxy) is 9. The van der Waals surface area contributed by atoms with Crippen LogP contribution in [-0.2, 0) is 75.7 Å². The summed E-state index contributed by atoms with van der Waals surface area (Å²) in [6, 6.07) is 51.2. The smallest absolute Gasteiger partial charge is 0.118 e. The lowest BCUT2D eigenvalue weighted by Crippen LogP contribution is -2.62. The highest BCUT2D eigenvalue weighted by atomic mass is 16.6. The predicted molar refractivity (Wildman–Crippen MR) is 269 cm³/mol. The minimum absolute atomic E-state index is 0.266. The first-order chi connectivity index (χ1) is 34.0. The molecule has 364 valence electrons. The van der Waals surface area contributed by atoms with Gasteiger partial charge in [-0.25, -0.2) is 0 Å². The predicted octanol–water partition coefficient (Wildman–Crippen LogP) is 11.5. The Bertz CT molecular complexity index is 2260. The van der Waals surface area contributed by atoms with E-state index in [0.717, 1.165) is 27.8 Å². The van der Waals surface area contributed by atoms with E-state index >= 15 is 0 Å². The molecule has 5 aromatic rings. The van der Waals surface area contributed by atoms with Crippen molar-refractivity contribution in [3.8, 4) is 0 Å². The fourth-order valence-electron chi connectivity index (χ4n) is 9.59. The maximum atomic E-state index is 7.37. The highest BCUT2D eigenvalue weighted by Crippen LogP contribution is 2.44. The minimum atomic E-state index is -0.905. The van der Waals surface area contributed by atoms with Crippen molar-refractivity contribution in [2.24, 2.45) is 0 Å². The van der Waals surface area contributed by atoms with Gasteiger partial charge in [0.1, 0.15) is 23.9 Å². The van der Waals surface area contributed by atoms with Gasteiger partial charge in [-0.15, -0.1) is 13.2 Å². The molecule has 69 heavy (non-hydrogen) atoms. The van der Waals surface area contributed by atoms with Gasteiger partial charge in [-0.05, 0) is 54.0 Å². The summed E-state index contributed by atoms with van der Waals surface area (Å²) in [7, 11) is 0. The van der Waals surface area contributed by atoms with Crippen LogP contribution in [0.5, 0.6) is 0 Å². The third kappa shape index (κ3) is 14.5. The molecule has 2 saturated heterocycles. The summed E-state index contributed by atoms with van der Waals surface area (Å²) in [5.41, 5.74) is 4.53. The molecule has 8 rings (SSSR count). The molecule has 11 atom stereocenters. The molecule has 0 saturated carbocycles. The normalized spacial score (nSPS) is 28.6. The van der Waals surface area contributed by atoms with E-state index in [4.69, 9.17) is 42.6 Å². The van der Waals surface area contributed by atoms with E-state index in [2.05, 4.69) is 92.9 Å². The number of hydrogen-bond donors (Lipinski definition) is 0. The van der Waals surface area contributed by atoms with Gasteiger partial charge in [0.15, 0.2) is 0 Å². The summed E-state index contributed by atoms with van der Waals surface area (Å²) in [4.78, 5) is 0. The maximum absolute atomic E-state index is 7.37. The summed E-state index contributed by atoms with van der Waals surface area (Å²) in [5, 5.41) is 0. The molecule has 3 heterocycles. The summed E-state index contributed by atoms with van der Waals surface area (Å²) in [6.45, 7) is 13.3. The van der Waals surface area contributed by atoms with Gasteiger partial charge in [-0.2, -0.15) is 0 Å². The third-order valence-corrected chi connectivity index (χ3v) is 13.4. The van der Waals surface area contributed by atoms with Gasteiger partial charge in [-0.1, -0.05) is 176 Å². The van der Waals surface area contributed by atoms with Gasteiger partial charge >= 0.3 is 0 Å². The molecule has 0 bridgehead atoms. The second kappa shape index (κ2) is 26.2. The Balaban J connectivity index is 1.07. The van der Waals surface area contributed by atoms with Gasteiger partial charge in [0.25, 0.3) is 0 Å². The molecule has 3 aliphatic heterocycles. The highest BCUT2D eigenvalue weighted by molar-refractivity contribution is 5.18. The van der Waals surface area contributed by atoms with E-state index in [1.54, 1.807) is 0 Å². The Kier molecular flexibility index (Phi) is 19.2. The van der Waals surface area contributed by atoms with Gasteiger partial charge in [0.05, 0.1) is 89.0 Å². The number of rotatable bonds is 23. The van der Waals surface area contributed by atoms with Crippen LogP contribution in [0.2, 0.25) is 0 Å². The van der Waals surface area contributed by atoms with Crippen molar-refractivity contribution in [1.82, 2.24) is 0 Å². The molecule has 0 spiro atoms. The number of benzene rings is 5. The van der Waals surface area contributed by atoms with Crippen molar-refractivity contribution < 1.29 is 42.6 Å². The van der Waals surface area contributed by atoms with Gasteiger partial charge in [0, 0.05) is 12.8 Å². The van der Waals surface area contributed by atoms with Crippen molar-refractivity contribution in [2.45, 2.75) is 139 Å². The largest absolute Gasteiger partial charge is 0.374 e. The first-order valence-corrected chi connectivity index (χ1v) is 24.7. The van der Waals surface area contributed by atoms with Crippen LogP contribution in [0, 0.1) is 0 Å². The molecule has 2 fully saturated rings. The molecule has 0 aromatic heterocycles. The fourth-order valence-corrected chi connectivity index (χ4v) is 9.59. The Morgan fingerprint density at radius 2 is 0.971 bits per heavy atom. The van der Waals surface area contributed by atoms with Crippen molar-refractivity contribution in [2.75, 3.05) is 13.2 Å². The Morgan fingerprint density at radius 1 is 0.507 bits per heavy atom. The lowest BCUT2D eigenvalue weighted by atomic mass is 9.82. The van der Waals surface area contributed by atoms with E-state index in [1.807, 2.05) is 103 Å². The average Bonchev–Trinajstić information content (AvgIpc) is 3.48. The lowest BCUT2D eigenvalue weighted by molar-refractivity contribution is -0.284. The summed E-state index contributed by atoms with van der Waals surface area (Å²) >= 11 is 0. The molecule has 9 nitrogen and oxygen atoms in total. The Morgan fingerprint density at radius 3 is 1.49 bits per heavy atom. The van der Waals surface area contributed by atoms with Crippen LogP contribution in [-0.4, -0.2) is 79.9 Å². The van der Waals surface area contributed by atoms with Crippen LogP contribution in [0.1, 0.15) is 66.8 Å². The second-order valence-corrected chi connectivity index (χ2v) is 18.5. The Hall–Kier alpha value is -5.04. The van der Waals surface area contributed by atoms with Crippen molar-refractivity contribution in [3.63, 3.8) is 0 Å². The van der Waals surface area contributed by atoms with Gasteiger partial charge in [-0.3, -0.25) is 0 Å². The summed E-state index contributed by atoms with van der Waals surface area (Å²) in [6.07, 6.45) is 6.95. The van der Waals surface area contributed by atoms with Gasteiger partial charge < -0.3 is 42.6 Å². The zero-order valence-corrected chi connectivity index (χ0v) is 40.1. The quantitative estimate of drug-likeness (QED) is 0.0595. The topological polar surface area (TPSA) is 83.1 Å². The van der Waals surface area contributed by atoms with Crippen LogP contribution >= 0.6 is 0 Å². The molecular formula is C60H70O9. The number of fused-ring (bicyclic) bond motifs is 1. The van der Waals surface area contributed by atoms with E-state index in [-0.39, 0.29) is 18.3 Å². The van der Waals surface area contributed by atoms with Crippen molar-refractivity contribution in [1.29, 1.82) is 0 Å². The van der Waals surface area contributed by atoms with Crippen LogP contribution < -0.4 is 0 Å². The monoisotopic (exact) mass is 935 g/mol. The first kappa shape index (κ1) is 50.4. The van der Waals surface area contributed by atoms with Crippen molar-refractivity contribution in [3.05, 3.63) is 217 Å². The third-order valence-electron chi connectivity index (χ3n) is 13.4. The zero-order chi connectivity index (χ0) is 47.5. The van der Waals surface area contributed by atoms with Gasteiger partial charge in [0.2, 0.25) is 0 Å². The SMILES string of the molecule is C=CC[C@@H]1O[C@@H]2C[C@H](OCc3ccccc3)[C@@H](COCc3ccccc3)O[C@@]2(C)[C@H](OCc2ccccc2)C[C@H]1O[C@H]1/C=C\C[C@@H](OCc2ccccc2)[C@H](COCc2ccccc2)O[C@@H]1CC=C. The highest BCUT2D eigenvalue weighted by Gasteiger charge is 2.56. The van der Waals surface area contributed by atoms with E-state index in [9.17, 15) is 0 Å². The van der Waals surface area contributed by atoms with E-state index < -0.39 is 48.3 Å². The molecule has 5 aromatic carbocycles. The molecule has 0 radical (unpaired) electrons. The minimum Gasteiger partial charge on any atom is -0.374 e. The van der Waals surface area contributed by atoms with Crippen LogP contribution in [0.25, 0.3) is 0 Å². The molecule has 0 amide bonds. The van der Waals surface area contributed by atoms with Crippen LogP contribution in [0.15, 0.2) is 189 Å². The zero-order valence-electron chi connectivity index (χ0n) is 40.1. The molecule has 0 N–H and O–H groups in total. The first-order valence-electron chi connectivity index (χ1n) is 24.7.